The van der Waals surface area contributed by atoms with Crippen molar-refractivity contribution in [1.82, 2.24) is 0 Å². The maximum absolute atomic E-state index is 12.6. The number of fused-ring (bicyclic) bond motifs is 3. The second kappa shape index (κ2) is 5.44. The Bertz CT molecular complexity index is 658. The van der Waals surface area contributed by atoms with Crippen LogP contribution in [0.2, 0.25) is 0 Å². The molecule has 2 bridgehead atoms. The number of carboxylic acid groups (broad SMARTS) is 1. The minimum atomic E-state index is -0.848. The lowest BCUT2D eigenvalue weighted by Gasteiger charge is -2.27. The van der Waals surface area contributed by atoms with Crippen molar-refractivity contribution in [3.05, 3.63) is 18.2 Å². The maximum atomic E-state index is 12.6. The third-order valence-electron chi connectivity index (χ3n) is 5.31. The second-order valence-electron chi connectivity index (χ2n) is 6.57. The van der Waals surface area contributed by atoms with Crippen LogP contribution >= 0.6 is 0 Å². The van der Waals surface area contributed by atoms with E-state index in [2.05, 4.69) is 5.32 Å². The molecule has 6 nitrogen and oxygen atoms in total. The van der Waals surface area contributed by atoms with E-state index in [1.165, 1.54) is 0 Å². The summed E-state index contributed by atoms with van der Waals surface area (Å²) in [5.74, 6) is -0.410. The molecule has 6 heteroatoms. The van der Waals surface area contributed by atoms with Crippen LogP contribution in [-0.2, 0) is 9.59 Å². The molecular formula is C17H19NO5. The highest BCUT2D eigenvalue weighted by Gasteiger charge is 2.53. The molecule has 1 aromatic rings. The van der Waals surface area contributed by atoms with E-state index in [9.17, 15) is 14.7 Å². The monoisotopic (exact) mass is 317 g/mol. The predicted octanol–water partition coefficient (Wildman–Crippen LogP) is 2.14. The SMILES string of the molecule is O=C(O)[C@H]1[C@H]2CC[C@@H](C2)[C@@H]1C(=O)Nc1ccc2c(c1)OCCO2. The Morgan fingerprint density at radius 3 is 2.48 bits per heavy atom. The Morgan fingerprint density at radius 1 is 1.04 bits per heavy atom. The quantitative estimate of drug-likeness (QED) is 0.892. The van der Waals surface area contributed by atoms with Gasteiger partial charge in [0.1, 0.15) is 13.2 Å². The number of benzene rings is 1. The Kier molecular flexibility index (Phi) is 3.39. The topological polar surface area (TPSA) is 84.9 Å². The van der Waals surface area contributed by atoms with Gasteiger partial charge in [0, 0.05) is 11.8 Å². The van der Waals surface area contributed by atoms with Crippen LogP contribution in [-0.4, -0.2) is 30.2 Å². The normalized spacial score (nSPS) is 31.0. The zero-order valence-electron chi connectivity index (χ0n) is 12.7. The molecule has 4 atom stereocenters. The number of ether oxygens (including phenoxy) is 2. The molecule has 1 amide bonds. The highest BCUT2D eigenvalue weighted by Crippen LogP contribution is 2.52. The summed E-state index contributed by atoms with van der Waals surface area (Å²) < 4.78 is 11.0. The van der Waals surface area contributed by atoms with Crippen LogP contribution in [0, 0.1) is 23.7 Å². The first-order valence-corrected chi connectivity index (χ1v) is 8.07. The number of amides is 1. The van der Waals surface area contributed by atoms with Gasteiger partial charge in [-0.3, -0.25) is 9.59 Å². The average molecular weight is 317 g/mol. The van der Waals surface area contributed by atoms with Gasteiger partial charge in [-0.25, -0.2) is 0 Å². The number of hydrogen-bond donors (Lipinski definition) is 2. The molecule has 4 rings (SSSR count). The molecule has 2 N–H and O–H groups in total. The van der Waals surface area contributed by atoms with E-state index in [4.69, 9.17) is 9.47 Å². The molecule has 3 aliphatic rings. The van der Waals surface area contributed by atoms with Crippen molar-refractivity contribution in [1.29, 1.82) is 0 Å². The smallest absolute Gasteiger partial charge is 0.307 e. The first-order valence-electron chi connectivity index (χ1n) is 8.07. The van der Waals surface area contributed by atoms with E-state index in [-0.39, 0.29) is 17.7 Å². The number of rotatable bonds is 3. The van der Waals surface area contributed by atoms with Gasteiger partial charge in [-0.15, -0.1) is 0 Å². The van der Waals surface area contributed by atoms with Crippen molar-refractivity contribution in [2.24, 2.45) is 23.7 Å². The highest BCUT2D eigenvalue weighted by molar-refractivity contribution is 5.96. The minimum absolute atomic E-state index is 0.147. The van der Waals surface area contributed by atoms with E-state index in [0.29, 0.717) is 30.4 Å². The molecule has 1 heterocycles. The molecule has 2 aliphatic carbocycles. The van der Waals surface area contributed by atoms with Gasteiger partial charge in [-0.1, -0.05) is 0 Å². The fourth-order valence-electron chi connectivity index (χ4n) is 4.37. The lowest BCUT2D eigenvalue weighted by molar-refractivity contribution is -0.148. The Morgan fingerprint density at radius 2 is 1.74 bits per heavy atom. The first kappa shape index (κ1) is 14.4. The summed E-state index contributed by atoms with van der Waals surface area (Å²) in [6.07, 6.45) is 2.74. The number of carboxylic acids is 1. The van der Waals surface area contributed by atoms with Crippen molar-refractivity contribution in [2.45, 2.75) is 19.3 Å². The van der Waals surface area contributed by atoms with E-state index in [1.807, 2.05) is 0 Å². The zero-order chi connectivity index (χ0) is 16.0. The molecule has 0 unspecified atom stereocenters. The Balaban J connectivity index is 1.52. The van der Waals surface area contributed by atoms with Gasteiger partial charge in [-0.05, 0) is 43.2 Å². The largest absolute Gasteiger partial charge is 0.486 e. The Labute approximate surface area is 133 Å². The van der Waals surface area contributed by atoms with Gasteiger partial charge >= 0.3 is 5.97 Å². The molecule has 0 saturated heterocycles. The molecule has 1 aromatic carbocycles. The van der Waals surface area contributed by atoms with E-state index < -0.39 is 17.8 Å². The van der Waals surface area contributed by atoms with Crippen LogP contribution in [0.4, 0.5) is 5.69 Å². The van der Waals surface area contributed by atoms with Crippen LogP contribution < -0.4 is 14.8 Å². The van der Waals surface area contributed by atoms with Gasteiger partial charge in [0.15, 0.2) is 11.5 Å². The summed E-state index contributed by atoms with van der Waals surface area (Å²) in [5, 5.41) is 12.3. The van der Waals surface area contributed by atoms with Gasteiger partial charge in [0.25, 0.3) is 0 Å². The van der Waals surface area contributed by atoms with Crippen LogP contribution in [0.5, 0.6) is 11.5 Å². The standard InChI is InChI=1S/C17H19NO5/c19-16(14-9-1-2-10(7-9)15(14)17(20)21)18-11-3-4-12-13(8-11)23-6-5-22-12/h3-4,8-10,14-15H,1-2,5-7H2,(H,18,19)(H,20,21)/t9-,10-,14-,15-/m0/s1. The summed E-state index contributed by atoms with van der Waals surface area (Å²) in [5.41, 5.74) is 0.617. The minimum Gasteiger partial charge on any atom is -0.486 e. The number of hydrogen-bond acceptors (Lipinski definition) is 4. The number of aliphatic carboxylic acids is 1. The van der Waals surface area contributed by atoms with Gasteiger partial charge in [0.2, 0.25) is 5.91 Å². The predicted molar refractivity (Wildman–Crippen MR) is 81.5 cm³/mol. The number of nitrogens with one attached hydrogen (secondary N) is 1. The zero-order valence-corrected chi connectivity index (χ0v) is 12.7. The molecule has 2 saturated carbocycles. The summed E-state index contributed by atoms with van der Waals surface area (Å²) in [6.45, 7) is 1.00. The fourth-order valence-corrected chi connectivity index (χ4v) is 4.37. The molecule has 2 fully saturated rings. The van der Waals surface area contributed by atoms with Crippen LogP contribution in [0.25, 0.3) is 0 Å². The number of anilines is 1. The average Bonchev–Trinajstić information content (AvgIpc) is 3.15. The molecule has 1 aliphatic heterocycles. The van der Waals surface area contributed by atoms with Crippen LogP contribution in [0.1, 0.15) is 19.3 Å². The van der Waals surface area contributed by atoms with E-state index in [0.717, 1.165) is 19.3 Å². The van der Waals surface area contributed by atoms with E-state index >= 15 is 0 Å². The maximum Gasteiger partial charge on any atom is 0.307 e. The molecule has 0 aromatic heterocycles. The van der Waals surface area contributed by atoms with Crippen molar-refractivity contribution in [3.8, 4) is 11.5 Å². The van der Waals surface area contributed by atoms with Crippen LogP contribution in [0.15, 0.2) is 18.2 Å². The summed E-state index contributed by atoms with van der Waals surface area (Å²) in [6, 6.07) is 5.25. The third-order valence-corrected chi connectivity index (χ3v) is 5.31. The van der Waals surface area contributed by atoms with Crippen molar-refractivity contribution in [2.75, 3.05) is 18.5 Å². The molecule has 0 spiro atoms. The summed E-state index contributed by atoms with van der Waals surface area (Å²) >= 11 is 0. The number of carbonyl (C=O) groups is 2. The highest BCUT2D eigenvalue weighted by atomic mass is 16.6. The van der Waals surface area contributed by atoms with E-state index in [1.54, 1.807) is 18.2 Å². The Hall–Kier alpha value is -2.24. The van der Waals surface area contributed by atoms with Crippen molar-refractivity contribution >= 4 is 17.6 Å². The summed E-state index contributed by atoms with van der Waals surface area (Å²) in [7, 11) is 0. The lowest BCUT2D eigenvalue weighted by atomic mass is 9.78. The molecule has 23 heavy (non-hydrogen) atoms. The fraction of sp³-hybridized carbons (Fsp3) is 0.529. The summed E-state index contributed by atoms with van der Waals surface area (Å²) in [4.78, 5) is 24.2. The number of carbonyl (C=O) groups excluding carboxylic acids is 1. The lowest BCUT2D eigenvalue weighted by Crippen LogP contribution is -2.37. The van der Waals surface area contributed by atoms with Gasteiger partial charge in [-0.2, -0.15) is 0 Å². The van der Waals surface area contributed by atoms with Gasteiger partial charge in [0.05, 0.1) is 11.8 Å². The van der Waals surface area contributed by atoms with Crippen molar-refractivity contribution < 1.29 is 24.2 Å². The van der Waals surface area contributed by atoms with Crippen LogP contribution in [0.3, 0.4) is 0 Å². The third kappa shape index (κ3) is 2.42. The first-order chi connectivity index (χ1) is 11.1. The molecule has 0 radical (unpaired) electrons. The molecule has 122 valence electrons. The second-order valence-corrected chi connectivity index (χ2v) is 6.57. The molecular weight excluding hydrogens is 298 g/mol. The van der Waals surface area contributed by atoms with Gasteiger partial charge < -0.3 is 19.9 Å². The van der Waals surface area contributed by atoms with Crippen molar-refractivity contribution in [3.63, 3.8) is 0 Å².